The molecule has 2 heterocycles. The van der Waals surface area contributed by atoms with Gasteiger partial charge in [-0.25, -0.2) is 8.42 Å². The average molecular weight is 512 g/mol. The molecule has 34 heavy (non-hydrogen) atoms. The number of hydrogen-bond acceptors (Lipinski definition) is 7. The first-order chi connectivity index (χ1) is 16.2. The molecule has 188 valence electrons. The lowest BCUT2D eigenvalue weighted by Gasteiger charge is -2.30. The molecule has 1 aromatic heterocycles. The molecule has 2 amide bonds. The summed E-state index contributed by atoms with van der Waals surface area (Å²) in [6.07, 6.45) is 1.89. The topological polar surface area (TPSA) is 107 Å². The van der Waals surface area contributed by atoms with Crippen LogP contribution in [0.25, 0.3) is 10.2 Å². The molecule has 1 saturated heterocycles. The number of piperidine rings is 1. The highest BCUT2D eigenvalue weighted by atomic mass is 32.2. The smallest absolute Gasteiger partial charge is 0.263 e. The van der Waals surface area contributed by atoms with Gasteiger partial charge in [-0.1, -0.05) is 18.3 Å². The molecule has 11 heteroatoms. The lowest BCUT2D eigenvalue weighted by molar-refractivity contribution is -0.130. The molecule has 0 radical (unpaired) electrons. The second kappa shape index (κ2) is 11.9. The normalized spacial score (nSPS) is 17.3. The monoisotopic (exact) mass is 511 g/mol. The summed E-state index contributed by atoms with van der Waals surface area (Å²) in [5.74, 6) is -1.65. The van der Waals surface area contributed by atoms with Gasteiger partial charge in [0.25, 0.3) is 5.91 Å². The van der Waals surface area contributed by atoms with E-state index in [1.165, 1.54) is 11.3 Å². The number of amides is 2. The van der Waals surface area contributed by atoms with Crippen molar-refractivity contribution in [2.75, 3.05) is 44.4 Å². The van der Waals surface area contributed by atoms with E-state index < -0.39 is 33.2 Å². The molecule has 0 bridgehead atoms. The van der Waals surface area contributed by atoms with Crippen molar-refractivity contribution < 1.29 is 27.5 Å². The fourth-order valence-electron chi connectivity index (χ4n) is 3.99. The molecule has 1 atom stereocenters. The van der Waals surface area contributed by atoms with E-state index in [0.29, 0.717) is 55.9 Å². The first kappa shape index (κ1) is 26.4. The summed E-state index contributed by atoms with van der Waals surface area (Å²) in [6.45, 7) is 8.94. The van der Waals surface area contributed by atoms with Crippen LogP contribution in [-0.2, 0) is 30.7 Å². The quantitative estimate of drug-likeness (QED) is 0.453. The molecule has 1 aliphatic rings. The number of hydrogen-bond donors (Lipinski definition) is 0. The third-order valence-electron chi connectivity index (χ3n) is 5.55. The Bertz CT molecular complexity index is 1190. The minimum Gasteiger partial charge on any atom is -0.494 e. The fraction of sp³-hybridized carbons (Fsp3) is 0.609. The Morgan fingerprint density at radius 1 is 1.21 bits per heavy atom. The Kier molecular flexibility index (Phi) is 9.26. The van der Waals surface area contributed by atoms with Gasteiger partial charge in [0.2, 0.25) is 5.91 Å². The molecular weight excluding hydrogens is 478 g/mol. The van der Waals surface area contributed by atoms with E-state index in [0.717, 1.165) is 23.1 Å². The van der Waals surface area contributed by atoms with Crippen molar-refractivity contribution in [1.29, 1.82) is 0 Å². The highest BCUT2D eigenvalue weighted by molar-refractivity contribution is 7.92. The van der Waals surface area contributed by atoms with Gasteiger partial charge in [0.1, 0.15) is 17.3 Å². The van der Waals surface area contributed by atoms with Crippen LogP contribution in [0.3, 0.4) is 0 Å². The molecule has 1 aromatic carbocycles. The molecule has 0 aliphatic carbocycles. The van der Waals surface area contributed by atoms with Crippen molar-refractivity contribution in [3.8, 4) is 5.75 Å². The van der Waals surface area contributed by atoms with E-state index >= 15 is 0 Å². The zero-order valence-electron chi connectivity index (χ0n) is 20.0. The number of nitrogens with zero attached hydrogens (tertiary/aromatic N) is 3. The minimum atomic E-state index is -3.93. The van der Waals surface area contributed by atoms with Crippen molar-refractivity contribution in [2.24, 2.45) is 10.9 Å². The number of ether oxygens (including phenoxy) is 2. The van der Waals surface area contributed by atoms with E-state index in [4.69, 9.17) is 9.47 Å². The largest absolute Gasteiger partial charge is 0.494 e. The van der Waals surface area contributed by atoms with E-state index in [2.05, 4.69) is 4.99 Å². The van der Waals surface area contributed by atoms with E-state index in [9.17, 15) is 18.0 Å². The lowest BCUT2D eigenvalue weighted by atomic mass is 10.0. The van der Waals surface area contributed by atoms with E-state index in [-0.39, 0.29) is 0 Å². The molecule has 1 unspecified atom stereocenters. The molecule has 9 nitrogen and oxygen atoms in total. The van der Waals surface area contributed by atoms with Gasteiger partial charge in [-0.3, -0.25) is 9.59 Å². The van der Waals surface area contributed by atoms with E-state index in [1.54, 1.807) is 4.90 Å². The Hall–Kier alpha value is -2.24. The van der Waals surface area contributed by atoms with Gasteiger partial charge < -0.3 is 18.9 Å². The zero-order chi connectivity index (χ0) is 24.7. The predicted octanol–water partition coefficient (Wildman–Crippen LogP) is 2.24. The van der Waals surface area contributed by atoms with Crippen LogP contribution in [0.4, 0.5) is 0 Å². The number of fused-ring (bicyclic) bond motifs is 1. The second-order valence-corrected chi connectivity index (χ2v) is 11.5. The third-order valence-corrected chi connectivity index (χ3v) is 7.96. The van der Waals surface area contributed by atoms with Crippen LogP contribution in [0.1, 0.15) is 33.6 Å². The van der Waals surface area contributed by atoms with Crippen molar-refractivity contribution in [3.63, 3.8) is 0 Å². The molecular formula is C23H33N3O6S2. The van der Waals surface area contributed by atoms with Gasteiger partial charge in [-0.05, 0) is 50.8 Å². The van der Waals surface area contributed by atoms with Crippen LogP contribution in [0.2, 0.25) is 0 Å². The Morgan fingerprint density at radius 3 is 2.71 bits per heavy atom. The molecule has 3 rings (SSSR count). The van der Waals surface area contributed by atoms with Crippen molar-refractivity contribution in [3.05, 3.63) is 23.0 Å². The second-order valence-electron chi connectivity index (χ2n) is 8.42. The molecule has 2 aromatic rings. The van der Waals surface area contributed by atoms with Gasteiger partial charge in [0, 0.05) is 26.2 Å². The molecule has 0 spiro atoms. The standard InChI is InChI=1S/C23H33N3O6S2/c1-4-31-12-11-26-19-9-8-18(32-5-2)13-20(19)33-23(26)24-21(27)15-34(29,30)16-22(28)25-10-6-7-17(3)14-25/h8-9,13,17H,4-7,10-12,14-16H2,1-3H3. The zero-order valence-corrected chi connectivity index (χ0v) is 21.6. The van der Waals surface area contributed by atoms with Crippen LogP contribution < -0.4 is 9.54 Å². The molecule has 0 N–H and O–H groups in total. The van der Waals surface area contributed by atoms with Gasteiger partial charge in [0.05, 0.1) is 23.4 Å². The third kappa shape index (κ3) is 7.13. The summed E-state index contributed by atoms with van der Waals surface area (Å²) in [5.41, 5.74) is 0.858. The van der Waals surface area contributed by atoms with Gasteiger partial charge >= 0.3 is 0 Å². The maximum Gasteiger partial charge on any atom is 0.263 e. The summed E-state index contributed by atoms with van der Waals surface area (Å²) < 4.78 is 38.9. The minimum absolute atomic E-state index is 0.348. The van der Waals surface area contributed by atoms with Crippen LogP contribution in [0.15, 0.2) is 23.2 Å². The van der Waals surface area contributed by atoms with Crippen LogP contribution >= 0.6 is 11.3 Å². The maximum atomic E-state index is 12.6. The molecule has 1 fully saturated rings. The van der Waals surface area contributed by atoms with Crippen LogP contribution in [0, 0.1) is 5.92 Å². The van der Waals surface area contributed by atoms with Crippen molar-refractivity contribution in [1.82, 2.24) is 9.47 Å². The van der Waals surface area contributed by atoms with Crippen LogP contribution in [-0.4, -0.2) is 74.1 Å². The molecule has 0 saturated carbocycles. The maximum absolute atomic E-state index is 12.6. The number of aromatic nitrogens is 1. The highest BCUT2D eigenvalue weighted by Crippen LogP contribution is 2.23. The Morgan fingerprint density at radius 2 is 2.00 bits per heavy atom. The van der Waals surface area contributed by atoms with E-state index in [1.807, 2.05) is 43.5 Å². The van der Waals surface area contributed by atoms with Gasteiger partial charge in [-0.2, -0.15) is 4.99 Å². The summed E-state index contributed by atoms with van der Waals surface area (Å²) in [5, 5.41) is 0. The fourth-order valence-corrected chi connectivity index (χ4v) is 6.19. The highest BCUT2D eigenvalue weighted by Gasteiger charge is 2.27. The van der Waals surface area contributed by atoms with Crippen molar-refractivity contribution >= 4 is 43.2 Å². The number of carbonyl (C=O) groups excluding carboxylic acids is 2. The summed E-state index contributed by atoms with van der Waals surface area (Å²) in [6, 6.07) is 5.61. The van der Waals surface area contributed by atoms with Gasteiger partial charge in [0.15, 0.2) is 14.6 Å². The Labute approximate surface area is 204 Å². The first-order valence-electron chi connectivity index (χ1n) is 11.6. The molecule has 1 aliphatic heterocycles. The number of rotatable bonds is 10. The average Bonchev–Trinajstić information content (AvgIpc) is 3.09. The number of benzene rings is 1. The van der Waals surface area contributed by atoms with Gasteiger partial charge in [-0.15, -0.1) is 0 Å². The first-order valence-corrected chi connectivity index (χ1v) is 14.3. The number of sulfone groups is 1. The number of likely N-dealkylation sites (tertiary alicyclic amines) is 1. The summed E-state index contributed by atoms with van der Waals surface area (Å²) in [7, 11) is -3.93. The van der Waals surface area contributed by atoms with Crippen molar-refractivity contribution in [2.45, 2.75) is 40.2 Å². The summed E-state index contributed by atoms with van der Waals surface area (Å²) in [4.78, 5) is 31.2. The lowest BCUT2D eigenvalue weighted by Crippen LogP contribution is -2.42. The SMILES string of the molecule is CCOCCn1c(=NC(=O)CS(=O)(=O)CC(=O)N2CCCC(C)C2)sc2cc(OCC)ccc21. The predicted molar refractivity (Wildman–Crippen MR) is 132 cm³/mol. The Balaban J connectivity index is 1.80. The van der Waals surface area contributed by atoms with Crippen LogP contribution in [0.5, 0.6) is 5.75 Å². The number of thiazole rings is 1. The summed E-state index contributed by atoms with van der Waals surface area (Å²) >= 11 is 1.28. The number of carbonyl (C=O) groups is 2.